The Labute approximate surface area is 208 Å². The fourth-order valence-electron chi connectivity index (χ4n) is 5.18. The van der Waals surface area contributed by atoms with Crippen LogP contribution in [0.4, 0.5) is 4.39 Å². The van der Waals surface area contributed by atoms with E-state index in [2.05, 4.69) is 30.9 Å². The average molecular weight is 475 g/mol. The summed E-state index contributed by atoms with van der Waals surface area (Å²) in [7, 11) is 1.71. The lowest BCUT2D eigenvalue weighted by Gasteiger charge is -2.30. The van der Waals surface area contributed by atoms with Crippen molar-refractivity contribution < 1.29 is 13.9 Å². The second kappa shape index (κ2) is 11.5. The molecule has 3 aromatic rings. The van der Waals surface area contributed by atoms with Crippen molar-refractivity contribution in [3.8, 4) is 5.75 Å². The number of likely N-dealkylation sites (tertiary alicyclic amines) is 1. The Morgan fingerprint density at radius 3 is 2.37 bits per heavy atom. The minimum Gasteiger partial charge on any atom is -0.496 e. The minimum absolute atomic E-state index is 0.0788. The van der Waals surface area contributed by atoms with Crippen molar-refractivity contribution in [3.05, 3.63) is 101 Å². The van der Waals surface area contributed by atoms with Crippen molar-refractivity contribution >= 4 is 5.91 Å². The van der Waals surface area contributed by atoms with Crippen molar-refractivity contribution in [3.63, 3.8) is 0 Å². The number of hydrogen-bond acceptors (Lipinski definition) is 3. The Hall–Kier alpha value is -3.18. The number of halogens is 1. The van der Waals surface area contributed by atoms with Crippen LogP contribution in [0, 0.1) is 17.7 Å². The van der Waals surface area contributed by atoms with Crippen molar-refractivity contribution in [2.75, 3.05) is 33.3 Å². The summed E-state index contributed by atoms with van der Waals surface area (Å²) in [5.41, 5.74) is 2.99. The van der Waals surface area contributed by atoms with Gasteiger partial charge in [0.1, 0.15) is 11.6 Å². The van der Waals surface area contributed by atoms with Gasteiger partial charge in [-0.25, -0.2) is 4.39 Å². The van der Waals surface area contributed by atoms with Gasteiger partial charge < -0.3 is 9.64 Å². The van der Waals surface area contributed by atoms with Gasteiger partial charge >= 0.3 is 0 Å². The first-order valence-corrected chi connectivity index (χ1v) is 12.4. The lowest BCUT2D eigenvalue weighted by Crippen LogP contribution is -2.39. The van der Waals surface area contributed by atoms with Crippen molar-refractivity contribution in [2.24, 2.45) is 11.8 Å². The molecule has 1 saturated heterocycles. The van der Waals surface area contributed by atoms with Crippen molar-refractivity contribution in [1.82, 2.24) is 9.80 Å². The minimum atomic E-state index is -0.219. The molecule has 35 heavy (non-hydrogen) atoms. The van der Waals surface area contributed by atoms with Crippen LogP contribution in [-0.4, -0.2) is 49.0 Å². The SMILES string of the molecule is COc1ccccc1C1CN(Cc2ccc(F)cc2)CC1CN(CC(C)C)C(=O)c1ccccc1. The molecule has 5 heteroatoms. The number of hydrogen-bond donors (Lipinski definition) is 0. The molecule has 1 aliphatic heterocycles. The number of ether oxygens (including phenoxy) is 1. The van der Waals surface area contributed by atoms with E-state index >= 15 is 0 Å². The summed E-state index contributed by atoms with van der Waals surface area (Å²) in [4.78, 5) is 17.9. The number of benzene rings is 3. The Balaban J connectivity index is 1.61. The van der Waals surface area contributed by atoms with Crippen LogP contribution in [0.5, 0.6) is 5.75 Å². The molecule has 4 nitrogen and oxygen atoms in total. The highest BCUT2D eigenvalue weighted by molar-refractivity contribution is 5.94. The van der Waals surface area contributed by atoms with E-state index in [-0.39, 0.29) is 23.6 Å². The van der Waals surface area contributed by atoms with Crippen LogP contribution in [0.1, 0.15) is 41.3 Å². The molecule has 1 amide bonds. The molecule has 1 heterocycles. The molecule has 0 aliphatic carbocycles. The molecule has 1 aliphatic rings. The van der Waals surface area contributed by atoms with Gasteiger partial charge in [0.15, 0.2) is 0 Å². The maximum atomic E-state index is 13.5. The number of para-hydroxylation sites is 1. The van der Waals surface area contributed by atoms with Crippen LogP contribution in [0.15, 0.2) is 78.9 Å². The van der Waals surface area contributed by atoms with Crippen LogP contribution in [0.2, 0.25) is 0 Å². The Bertz CT molecular complexity index is 1100. The zero-order valence-electron chi connectivity index (χ0n) is 20.9. The number of amides is 1. The summed E-state index contributed by atoms with van der Waals surface area (Å²) < 4.78 is 19.1. The van der Waals surface area contributed by atoms with Crippen LogP contribution in [0.25, 0.3) is 0 Å². The number of carbonyl (C=O) groups excluding carboxylic acids is 1. The molecule has 0 radical (unpaired) electrons. The van der Waals surface area contributed by atoms with Crippen LogP contribution < -0.4 is 4.74 Å². The van der Waals surface area contributed by atoms with Gasteiger partial charge in [0.05, 0.1) is 7.11 Å². The Morgan fingerprint density at radius 1 is 1.00 bits per heavy atom. The fourth-order valence-corrected chi connectivity index (χ4v) is 5.18. The van der Waals surface area contributed by atoms with E-state index in [1.165, 1.54) is 17.7 Å². The highest BCUT2D eigenvalue weighted by Gasteiger charge is 2.37. The van der Waals surface area contributed by atoms with Gasteiger partial charge in [-0.1, -0.05) is 62.4 Å². The fraction of sp³-hybridized carbons (Fsp3) is 0.367. The maximum absolute atomic E-state index is 13.5. The Kier molecular flexibility index (Phi) is 8.19. The van der Waals surface area contributed by atoms with E-state index in [0.717, 1.165) is 36.5 Å². The number of rotatable bonds is 9. The topological polar surface area (TPSA) is 32.8 Å². The molecule has 3 aromatic carbocycles. The lowest BCUT2D eigenvalue weighted by atomic mass is 9.87. The monoisotopic (exact) mass is 474 g/mol. The van der Waals surface area contributed by atoms with Crippen LogP contribution in [-0.2, 0) is 6.54 Å². The third-order valence-corrected chi connectivity index (χ3v) is 6.72. The molecule has 0 aromatic heterocycles. The molecule has 0 saturated carbocycles. The summed E-state index contributed by atoms with van der Waals surface area (Å²) in [5.74, 6) is 1.58. The molecular weight excluding hydrogens is 439 g/mol. The summed E-state index contributed by atoms with van der Waals surface area (Å²) in [6.45, 7) is 8.15. The average Bonchev–Trinajstić information content (AvgIpc) is 3.26. The molecule has 0 bridgehead atoms. The first-order valence-electron chi connectivity index (χ1n) is 12.4. The van der Waals surface area contributed by atoms with Crippen molar-refractivity contribution in [2.45, 2.75) is 26.3 Å². The van der Waals surface area contributed by atoms with E-state index < -0.39 is 0 Å². The van der Waals surface area contributed by atoms with E-state index in [0.29, 0.717) is 19.0 Å². The summed E-state index contributed by atoms with van der Waals surface area (Å²) >= 11 is 0. The normalized spacial score (nSPS) is 18.1. The van der Waals surface area contributed by atoms with E-state index in [1.54, 1.807) is 7.11 Å². The molecule has 2 unspecified atom stereocenters. The Morgan fingerprint density at radius 2 is 1.69 bits per heavy atom. The highest BCUT2D eigenvalue weighted by atomic mass is 19.1. The zero-order chi connectivity index (χ0) is 24.8. The molecule has 2 atom stereocenters. The molecule has 1 fully saturated rings. The van der Waals surface area contributed by atoms with Gasteiger partial charge in [-0.15, -0.1) is 0 Å². The predicted molar refractivity (Wildman–Crippen MR) is 138 cm³/mol. The maximum Gasteiger partial charge on any atom is 0.253 e. The van der Waals surface area contributed by atoms with Gasteiger partial charge in [-0.3, -0.25) is 9.69 Å². The smallest absolute Gasteiger partial charge is 0.253 e. The third kappa shape index (κ3) is 6.29. The molecule has 4 rings (SSSR count). The summed E-state index contributed by atoms with van der Waals surface area (Å²) in [5, 5.41) is 0. The largest absolute Gasteiger partial charge is 0.496 e. The third-order valence-electron chi connectivity index (χ3n) is 6.72. The number of carbonyl (C=O) groups is 1. The van der Waals surface area contributed by atoms with E-state index in [1.807, 2.05) is 59.5 Å². The molecular formula is C30H35FN2O2. The second-order valence-electron chi connectivity index (χ2n) is 9.90. The molecule has 184 valence electrons. The number of methoxy groups -OCH3 is 1. The first kappa shape index (κ1) is 24.9. The molecule has 0 spiro atoms. The van der Waals surface area contributed by atoms with Crippen molar-refractivity contribution in [1.29, 1.82) is 0 Å². The summed E-state index contributed by atoms with van der Waals surface area (Å²) in [6, 6.07) is 24.5. The van der Waals surface area contributed by atoms with Gasteiger partial charge in [-0.05, 0) is 53.3 Å². The first-order chi connectivity index (χ1) is 16.9. The predicted octanol–water partition coefficient (Wildman–Crippen LogP) is 5.85. The van der Waals surface area contributed by atoms with Crippen LogP contribution >= 0.6 is 0 Å². The molecule has 0 N–H and O–H groups in total. The van der Waals surface area contributed by atoms with E-state index in [4.69, 9.17) is 4.74 Å². The highest BCUT2D eigenvalue weighted by Crippen LogP contribution is 2.38. The van der Waals surface area contributed by atoms with Gasteiger partial charge in [0, 0.05) is 44.2 Å². The van der Waals surface area contributed by atoms with Crippen LogP contribution in [0.3, 0.4) is 0 Å². The lowest BCUT2D eigenvalue weighted by molar-refractivity contribution is 0.0703. The van der Waals surface area contributed by atoms with Gasteiger partial charge in [0.2, 0.25) is 0 Å². The quantitative estimate of drug-likeness (QED) is 0.390. The van der Waals surface area contributed by atoms with Gasteiger partial charge in [0.25, 0.3) is 5.91 Å². The summed E-state index contributed by atoms with van der Waals surface area (Å²) in [6.07, 6.45) is 0. The number of nitrogens with zero attached hydrogens (tertiary/aromatic N) is 2. The standard InChI is InChI=1S/C30H35FN2O2/c1-22(2)17-33(30(34)24-9-5-4-6-10-24)20-25-19-32(18-23-13-15-26(31)16-14-23)21-28(25)27-11-7-8-12-29(27)35-3/h4-16,22,25,28H,17-21H2,1-3H3. The zero-order valence-corrected chi connectivity index (χ0v) is 20.9. The van der Waals surface area contributed by atoms with Gasteiger partial charge in [-0.2, -0.15) is 0 Å². The van der Waals surface area contributed by atoms with E-state index in [9.17, 15) is 9.18 Å². The second-order valence-corrected chi connectivity index (χ2v) is 9.90.